The Bertz CT molecular complexity index is 490. The molecule has 2 heteroatoms. The summed E-state index contributed by atoms with van der Waals surface area (Å²) in [4.78, 5) is 5.48. The molecule has 0 N–H and O–H groups in total. The van der Waals surface area contributed by atoms with Crippen molar-refractivity contribution in [3.63, 3.8) is 0 Å². The molecular weight excluding hydrogens is 280 g/mol. The van der Waals surface area contributed by atoms with E-state index in [1.54, 1.807) is 5.56 Å². The quantitative estimate of drug-likeness (QED) is 0.684. The molecule has 2 nitrogen and oxygen atoms in total. The van der Waals surface area contributed by atoms with Crippen LogP contribution < -0.4 is 4.90 Å². The molecule has 0 aromatic heterocycles. The highest BCUT2D eigenvalue weighted by Gasteiger charge is 2.36. The number of nitrogens with zero attached hydrogens (tertiary/aromatic N) is 2. The molecule has 0 bridgehead atoms. The molecular formula is C21H34N2. The lowest BCUT2D eigenvalue weighted by Crippen LogP contribution is -2.52. The zero-order valence-corrected chi connectivity index (χ0v) is 15.3. The number of fused-ring (bicyclic) bond motifs is 1. The van der Waals surface area contributed by atoms with Gasteiger partial charge in [-0.3, -0.25) is 4.90 Å². The molecule has 1 saturated carbocycles. The van der Waals surface area contributed by atoms with Crippen LogP contribution in [0.3, 0.4) is 0 Å². The molecule has 1 aromatic rings. The summed E-state index contributed by atoms with van der Waals surface area (Å²) in [5.74, 6) is 0. The first-order valence-corrected chi connectivity index (χ1v) is 9.83. The standard InChI is InChI=1S/C21H34N2/c1-4-5-14-21-19-13-9-10-15-20(19)22(17(2)3)16-23(21)18-11-7-6-8-12-18/h9-10,13,15,17-18,21H,4-8,11-12,14,16H2,1-3H3. The summed E-state index contributed by atoms with van der Waals surface area (Å²) in [6, 6.07) is 11.2. The van der Waals surface area contributed by atoms with Crippen LogP contribution in [0.1, 0.15) is 83.7 Å². The third kappa shape index (κ3) is 3.57. The smallest absolute Gasteiger partial charge is 0.0717 e. The maximum Gasteiger partial charge on any atom is 0.0717 e. The molecule has 3 rings (SSSR count). The molecule has 1 unspecified atom stereocenters. The number of rotatable bonds is 5. The molecule has 1 heterocycles. The van der Waals surface area contributed by atoms with E-state index in [2.05, 4.69) is 54.8 Å². The Morgan fingerprint density at radius 2 is 1.83 bits per heavy atom. The van der Waals surface area contributed by atoms with Crippen molar-refractivity contribution in [2.75, 3.05) is 11.6 Å². The van der Waals surface area contributed by atoms with Crippen molar-refractivity contribution in [3.8, 4) is 0 Å². The van der Waals surface area contributed by atoms with Gasteiger partial charge in [-0.1, -0.05) is 57.2 Å². The van der Waals surface area contributed by atoms with Crippen LogP contribution in [-0.2, 0) is 0 Å². The molecule has 0 amide bonds. The van der Waals surface area contributed by atoms with E-state index in [9.17, 15) is 0 Å². The average Bonchev–Trinajstić information content (AvgIpc) is 2.59. The molecule has 1 aliphatic heterocycles. The largest absolute Gasteiger partial charge is 0.356 e. The summed E-state index contributed by atoms with van der Waals surface area (Å²) in [5.41, 5.74) is 3.06. The number of para-hydroxylation sites is 1. The first-order chi connectivity index (χ1) is 11.2. The maximum atomic E-state index is 2.86. The fourth-order valence-corrected chi connectivity index (χ4v) is 4.50. The Labute approximate surface area is 142 Å². The van der Waals surface area contributed by atoms with Crippen LogP contribution in [-0.4, -0.2) is 23.7 Å². The molecule has 1 aliphatic carbocycles. The van der Waals surface area contributed by atoms with Crippen molar-refractivity contribution in [1.29, 1.82) is 0 Å². The predicted octanol–water partition coefficient (Wildman–Crippen LogP) is 5.74. The summed E-state index contributed by atoms with van der Waals surface area (Å²) >= 11 is 0. The van der Waals surface area contributed by atoms with E-state index in [0.717, 1.165) is 12.7 Å². The number of hydrogen-bond donors (Lipinski definition) is 0. The van der Waals surface area contributed by atoms with Gasteiger partial charge in [0.1, 0.15) is 0 Å². The number of benzene rings is 1. The Kier molecular flexibility index (Phi) is 5.63. The Morgan fingerprint density at radius 3 is 2.52 bits per heavy atom. The molecule has 0 spiro atoms. The van der Waals surface area contributed by atoms with Gasteiger partial charge >= 0.3 is 0 Å². The molecule has 1 aromatic carbocycles. The topological polar surface area (TPSA) is 6.48 Å². The number of unbranched alkanes of at least 4 members (excludes halogenated alkanes) is 1. The minimum absolute atomic E-state index is 0.564. The van der Waals surface area contributed by atoms with Crippen molar-refractivity contribution in [1.82, 2.24) is 4.90 Å². The first-order valence-electron chi connectivity index (χ1n) is 9.83. The Hall–Kier alpha value is -1.02. The highest BCUT2D eigenvalue weighted by molar-refractivity contribution is 5.57. The third-order valence-corrected chi connectivity index (χ3v) is 5.82. The van der Waals surface area contributed by atoms with Gasteiger partial charge in [-0.25, -0.2) is 0 Å². The zero-order valence-electron chi connectivity index (χ0n) is 15.3. The van der Waals surface area contributed by atoms with Gasteiger partial charge in [0.25, 0.3) is 0 Å². The van der Waals surface area contributed by atoms with Crippen LogP contribution in [0.4, 0.5) is 5.69 Å². The van der Waals surface area contributed by atoms with Crippen LogP contribution in [0.25, 0.3) is 0 Å². The van der Waals surface area contributed by atoms with Gasteiger partial charge in [0.05, 0.1) is 6.67 Å². The Balaban J connectivity index is 1.93. The van der Waals surface area contributed by atoms with E-state index in [1.807, 2.05) is 0 Å². The van der Waals surface area contributed by atoms with E-state index in [0.29, 0.717) is 12.1 Å². The predicted molar refractivity (Wildman–Crippen MR) is 99.9 cm³/mol. The normalized spacial score (nSPS) is 23.3. The summed E-state index contributed by atoms with van der Waals surface area (Å²) in [7, 11) is 0. The summed E-state index contributed by atoms with van der Waals surface area (Å²) < 4.78 is 0. The highest BCUT2D eigenvalue weighted by atomic mass is 15.4. The van der Waals surface area contributed by atoms with Gasteiger partial charge in [-0.2, -0.15) is 0 Å². The van der Waals surface area contributed by atoms with Crippen LogP contribution >= 0.6 is 0 Å². The second kappa shape index (κ2) is 7.70. The Morgan fingerprint density at radius 1 is 1.09 bits per heavy atom. The molecule has 23 heavy (non-hydrogen) atoms. The van der Waals surface area contributed by atoms with Crippen LogP contribution in [0.2, 0.25) is 0 Å². The average molecular weight is 315 g/mol. The second-order valence-corrected chi connectivity index (χ2v) is 7.73. The van der Waals surface area contributed by atoms with Crippen molar-refractivity contribution >= 4 is 5.69 Å². The number of hydrogen-bond acceptors (Lipinski definition) is 2. The molecule has 128 valence electrons. The fraction of sp³-hybridized carbons (Fsp3) is 0.714. The van der Waals surface area contributed by atoms with Gasteiger partial charge in [-0.15, -0.1) is 0 Å². The van der Waals surface area contributed by atoms with E-state index >= 15 is 0 Å². The molecule has 1 fully saturated rings. The minimum Gasteiger partial charge on any atom is -0.356 e. The lowest BCUT2D eigenvalue weighted by Gasteiger charge is -2.49. The molecule has 1 atom stereocenters. The van der Waals surface area contributed by atoms with E-state index in [4.69, 9.17) is 0 Å². The second-order valence-electron chi connectivity index (χ2n) is 7.73. The van der Waals surface area contributed by atoms with Crippen molar-refractivity contribution in [2.24, 2.45) is 0 Å². The lowest BCUT2D eigenvalue weighted by atomic mass is 9.88. The van der Waals surface area contributed by atoms with Gasteiger partial charge < -0.3 is 4.90 Å². The summed E-state index contributed by atoms with van der Waals surface area (Å²) in [6.45, 7) is 8.11. The highest BCUT2D eigenvalue weighted by Crippen LogP contribution is 2.42. The van der Waals surface area contributed by atoms with Crippen LogP contribution in [0, 0.1) is 0 Å². The van der Waals surface area contributed by atoms with Gasteiger partial charge in [-0.05, 0) is 44.7 Å². The maximum absolute atomic E-state index is 2.86. The van der Waals surface area contributed by atoms with Crippen molar-refractivity contribution in [3.05, 3.63) is 29.8 Å². The first kappa shape index (κ1) is 16.8. The minimum atomic E-state index is 0.564. The van der Waals surface area contributed by atoms with Gasteiger partial charge in [0, 0.05) is 23.8 Å². The van der Waals surface area contributed by atoms with Gasteiger partial charge in [0.15, 0.2) is 0 Å². The van der Waals surface area contributed by atoms with Crippen LogP contribution in [0.15, 0.2) is 24.3 Å². The van der Waals surface area contributed by atoms with Crippen molar-refractivity contribution < 1.29 is 0 Å². The van der Waals surface area contributed by atoms with Crippen LogP contribution in [0.5, 0.6) is 0 Å². The fourth-order valence-electron chi connectivity index (χ4n) is 4.50. The van der Waals surface area contributed by atoms with E-state index in [1.165, 1.54) is 57.1 Å². The SMILES string of the molecule is CCCCC1c2ccccc2N(C(C)C)CN1C1CCCCC1. The molecule has 0 saturated heterocycles. The molecule has 2 aliphatic rings. The van der Waals surface area contributed by atoms with Gasteiger partial charge in [0.2, 0.25) is 0 Å². The summed E-state index contributed by atoms with van der Waals surface area (Å²) in [6.07, 6.45) is 11.0. The third-order valence-electron chi connectivity index (χ3n) is 5.82. The zero-order chi connectivity index (χ0) is 16.2. The number of anilines is 1. The summed E-state index contributed by atoms with van der Waals surface area (Å²) in [5, 5.41) is 0. The van der Waals surface area contributed by atoms with E-state index < -0.39 is 0 Å². The molecule has 0 radical (unpaired) electrons. The van der Waals surface area contributed by atoms with Crippen molar-refractivity contribution in [2.45, 2.75) is 90.3 Å². The monoisotopic (exact) mass is 314 g/mol. The van der Waals surface area contributed by atoms with E-state index in [-0.39, 0.29) is 0 Å². The lowest BCUT2D eigenvalue weighted by molar-refractivity contribution is 0.0863.